The molecule has 0 saturated carbocycles. The van der Waals surface area contributed by atoms with E-state index in [1.54, 1.807) is 23.5 Å². The van der Waals surface area contributed by atoms with Crippen molar-refractivity contribution in [1.82, 2.24) is 9.71 Å². The molecule has 0 radical (unpaired) electrons. The highest BCUT2D eigenvalue weighted by Crippen LogP contribution is 2.40. The molecule has 0 atom stereocenters. The van der Waals surface area contributed by atoms with Crippen LogP contribution in [0.5, 0.6) is 0 Å². The number of anilines is 1. The Bertz CT molecular complexity index is 1410. The van der Waals surface area contributed by atoms with Gasteiger partial charge >= 0.3 is 0 Å². The van der Waals surface area contributed by atoms with Crippen molar-refractivity contribution in [3.8, 4) is 11.3 Å². The van der Waals surface area contributed by atoms with E-state index in [4.69, 9.17) is 4.98 Å². The maximum absolute atomic E-state index is 12.8. The van der Waals surface area contributed by atoms with Crippen molar-refractivity contribution in [3.05, 3.63) is 71.6 Å². The first-order chi connectivity index (χ1) is 17.1. The van der Waals surface area contributed by atoms with Gasteiger partial charge in [-0.2, -0.15) is 0 Å². The van der Waals surface area contributed by atoms with Gasteiger partial charge in [0, 0.05) is 39.6 Å². The number of nitrogens with zero attached hydrogens (tertiary/aromatic N) is 1. The molecule has 0 spiro atoms. The van der Waals surface area contributed by atoms with Crippen LogP contribution in [0.25, 0.3) is 22.0 Å². The zero-order chi connectivity index (χ0) is 24.1. The van der Waals surface area contributed by atoms with Crippen molar-refractivity contribution >= 4 is 49.0 Å². The van der Waals surface area contributed by atoms with Gasteiger partial charge in [0.1, 0.15) is 0 Å². The summed E-state index contributed by atoms with van der Waals surface area (Å²) in [5.41, 5.74) is 2.39. The molecular weight excluding hydrogens is 495 g/mol. The molecule has 3 aromatic carbocycles. The summed E-state index contributed by atoms with van der Waals surface area (Å²) >= 11 is 3.68. The van der Waals surface area contributed by atoms with Crippen LogP contribution in [0.15, 0.2) is 76.5 Å². The number of benzene rings is 3. The van der Waals surface area contributed by atoms with Crippen molar-refractivity contribution in [3.63, 3.8) is 0 Å². The first-order valence-corrected chi connectivity index (χ1v) is 15.3. The second kappa shape index (κ2) is 11.1. The first kappa shape index (κ1) is 24.3. The summed E-state index contributed by atoms with van der Waals surface area (Å²) in [6, 6.07) is 21.5. The maximum Gasteiger partial charge on any atom is 0.241 e. The van der Waals surface area contributed by atoms with Crippen LogP contribution in [0.2, 0.25) is 0 Å². The standard InChI is InChI=1S/C27H29N3O2S3/c31-35(32,25-15-9-11-20-10-3-4-12-21(20)25)29-18-8-2-1-7-17-28-27-30-26-22-13-5-6-14-23(22)33-19-16-24(26)34-27/h3-6,9-15,29H,1-2,7-8,16-19H2,(H,28,30). The Balaban J connectivity index is 1.05. The summed E-state index contributed by atoms with van der Waals surface area (Å²) < 4.78 is 28.4. The van der Waals surface area contributed by atoms with Gasteiger partial charge in [-0.05, 0) is 36.8 Å². The molecule has 35 heavy (non-hydrogen) atoms. The van der Waals surface area contributed by atoms with E-state index in [2.05, 4.69) is 34.3 Å². The van der Waals surface area contributed by atoms with Crippen LogP contribution >= 0.6 is 23.1 Å². The minimum Gasteiger partial charge on any atom is -0.361 e. The van der Waals surface area contributed by atoms with Crippen LogP contribution in [0, 0.1) is 0 Å². The van der Waals surface area contributed by atoms with Gasteiger partial charge in [0.25, 0.3) is 0 Å². The molecule has 1 aliphatic heterocycles. The highest BCUT2D eigenvalue weighted by molar-refractivity contribution is 7.99. The van der Waals surface area contributed by atoms with E-state index >= 15 is 0 Å². The molecule has 0 fully saturated rings. The van der Waals surface area contributed by atoms with E-state index in [1.807, 2.05) is 42.1 Å². The van der Waals surface area contributed by atoms with Crippen LogP contribution in [-0.2, 0) is 16.4 Å². The minimum absolute atomic E-state index is 0.350. The highest BCUT2D eigenvalue weighted by Gasteiger charge is 2.19. The second-order valence-electron chi connectivity index (χ2n) is 8.60. The Hall–Kier alpha value is -2.39. The van der Waals surface area contributed by atoms with Crippen molar-refractivity contribution < 1.29 is 8.42 Å². The lowest BCUT2D eigenvalue weighted by atomic mass is 10.1. The number of sulfonamides is 1. The molecule has 1 aromatic heterocycles. The van der Waals surface area contributed by atoms with Crippen LogP contribution in [0.4, 0.5) is 5.13 Å². The van der Waals surface area contributed by atoms with E-state index in [0.29, 0.717) is 11.4 Å². The lowest BCUT2D eigenvalue weighted by Gasteiger charge is -2.09. The van der Waals surface area contributed by atoms with E-state index in [1.165, 1.54) is 15.3 Å². The fraction of sp³-hybridized carbons (Fsp3) is 0.296. The van der Waals surface area contributed by atoms with Crippen molar-refractivity contribution in [2.24, 2.45) is 0 Å². The van der Waals surface area contributed by atoms with Crippen LogP contribution < -0.4 is 10.0 Å². The number of unbranched alkanes of at least 4 members (excludes halogenated alkanes) is 3. The summed E-state index contributed by atoms with van der Waals surface area (Å²) in [5, 5.41) is 6.19. The third-order valence-electron chi connectivity index (χ3n) is 6.14. The summed E-state index contributed by atoms with van der Waals surface area (Å²) in [6.45, 7) is 1.33. The lowest BCUT2D eigenvalue weighted by Crippen LogP contribution is -2.25. The molecule has 1 aliphatic rings. The molecule has 0 aliphatic carbocycles. The predicted molar refractivity (Wildman–Crippen MR) is 148 cm³/mol. The molecule has 4 aromatic rings. The molecular formula is C27H29N3O2S3. The number of rotatable bonds is 10. The molecule has 0 saturated heterocycles. The van der Waals surface area contributed by atoms with E-state index in [0.717, 1.165) is 66.0 Å². The number of aromatic nitrogens is 1. The fourth-order valence-electron chi connectivity index (χ4n) is 4.36. The van der Waals surface area contributed by atoms with Crippen LogP contribution in [-0.4, -0.2) is 32.2 Å². The first-order valence-electron chi connectivity index (χ1n) is 12.0. The Labute approximate surface area is 215 Å². The third-order valence-corrected chi connectivity index (χ3v) is 9.80. The monoisotopic (exact) mass is 523 g/mol. The van der Waals surface area contributed by atoms with Gasteiger partial charge in [-0.1, -0.05) is 67.4 Å². The molecule has 5 nitrogen and oxygen atoms in total. The number of nitrogens with one attached hydrogen (secondary N) is 2. The Kier molecular flexibility index (Phi) is 7.72. The Morgan fingerprint density at radius 1 is 0.857 bits per heavy atom. The topological polar surface area (TPSA) is 71.1 Å². The third kappa shape index (κ3) is 5.72. The molecule has 0 unspecified atom stereocenters. The Morgan fingerprint density at radius 3 is 2.54 bits per heavy atom. The number of fused-ring (bicyclic) bond motifs is 4. The number of hydrogen-bond acceptors (Lipinski definition) is 6. The molecule has 182 valence electrons. The largest absolute Gasteiger partial charge is 0.361 e. The maximum atomic E-state index is 12.8. The normalized spacial score (nSPS) is 13.3. The molecule has 8 heteroatoms. The van der Waals surface area contributed by atoms with Gasteiger partial charge in [0.05, 0.1) is 10.6 Å². The number of aryl methyl sites for hydroxylation is 1. The lowest BCUT2D eigenvalue weighted by molar-refractivity contribution is 0.573. The van der Waals surface area contributed by atoms with E-state index < -0.39 is 10.0 Å². The van der Waals surface area contributed by atoms with Crippen molar-refractivity contribution in [2.75, 3.05) is 24.2 Å². The van der Waals surface area contributed by atoms with Gasteiger partial charge < -0.3 is 5.32 Å². The molecule has 5 rings (SSSR count). The average Bonchev–Trinajstić information content (AvgIpc) is 3.20. The summed E-state index contributed by atoms with van der Waals surface area (Å²) in [5.74, 6) is 1.09. The van der Waals surface area contributed by atoms with Crippen molar-refractivity contribution in [2.45, 2.75) is 41.9 Å². The predicted octanol–water partition coefficient (Wildman–Crippen LogP) is 6.56. The summed E-state index contributed by atoms with van der Waals surface area (Å²) in [6.07, 6.45) is 4.95. The van der Waals surface area contributed by atoms with E-state index in [-0.39, 0.29) is 0 Å². The highest BCUT2D eigenvalue weighted by atomic mass is 32.2. The minimum atomic E-state index is -3.52. The molecule has 0 amide bonds. The zero-order valence-corrected chi connectivity index (χ0v) is 21.9. The number of thiazole rings is 1. The number of hydrogen-bond donors (Lipinski definition) is 2. The van der Waals surface area contributed by atoms with Gasteiger partial charge in [-0.3, -0.25) is 0 Å². The molecule has 2 N–H and O–H groups in total. The average molecular weight is 524 g/mol. The van der Waals surface area contributed by atoms with Gasteiger partial charge in [0.15, 0.2) is 5.13 Å². The van der Waals surface area contributed by atoms with Gasteiger partial charge in [-0.25, -0.2) is 18.1 Å². The van der Waals surface area contributed by atoms with Gasteiger partial charge in [0.2, 0.25) is 10.0 Å². The smallest absolute Gasteiger partial charge is 0.241 e. The SMILES string of the molecule is O=S(=O)(NCCCCCCNc1nc2c(s1)CCSc1ccccc1-2)c1cccc2ccccc12. The molecule has 0 bridgehead atoms. The quantitative estimate of drug-likeness (QED) is 0.230. The molecule has 2 heterocycles. The van der Waals surface area contributed by atoms with Gasteiger partial charge in [-0.15, -0.1) is 23.1 Å². The van der Waals surface area contributed by atoms with Crippen LogP contribution in [0.3, 0.4) is 0 Å². The zero-order valence-electron chi connectivity index (χ0n) is 19.5. The fourth-order valence-corrected chi connectivity index (χ4v) is 7.82. The Morgan fingerprint density at radius 2 is 1.63 bits per heavy atom. The summed E-state index contributed by atoms with van der Waals surface area (Å²) in [4.78, 5) is 7.93. The number of thioether (sulfide) groups is 1. The van der Waals surface area contributed by atoms with E-state index in [9.17, 15) is 8.42 Å². The second-order valence-corrected chi connectivity index (χ2v) is 12.6. The van der Waals surface area contributed by atoms with Crippen molar-refractivity contribution in [1.29, 1.82) is 0 Å². The summed E-state index contributed by atoms with van der Waals surface area (Å²) in [7, 11) is -3.52. The van der Waals surface area contributed by atoms with Crippen LogP contribution in [0.1, 0.15) is 30.6 Å².